The molecule has 122 valence electrons. The molecule has 0 aliphatic carbocycles. The Morgan fingerprint density at radius 3 is 2.65 bits per heavy atom. The van der Waals surface area contributed by atoms with E-state index in [0.717, 1.165) is 4.90 Å². The first-order valence-electron chi connectivity index (χ1n) is 6.95. The zero-order chi connectivity index (χ0) is 16.6. The van der Waals surface area contributed by atoms with Gasteiger partial charge in [0.15, 0.2) is 22.1 Å². The van der Waals surface area contributed by atoms with E-state index >= 15 is 0 Å². The summed E-state index contributed by atoms with van der Waals surface area (Å²) in [5.74, 6) is 0.462. The lowest BCUT2D eigenvalue weighted by molar-refractivity contribution is -0.136. The number of amidine groups is 1. The van der Waals surface area contributed by atoms with E-state index in [0.29, 0.717) is 22.2 Å². The molecule has 2 aliphatic heterocycles. The van der Waals surface area contributed by atoms with Crippen LogP contribution in [0, 0.1) is 0 Å². The number of thioether (sulfide) groups is 1. The molecular weight excluding hydrogens is 384 g/mol. The first-order valence-corrected chi connectivity index (χ1v) is 8.72. The van der Waals surface area contributed by atoms with Crippen molar-refractivity contribution in [1.29, 1.82) is 0 Å². The second-order valence-electron chi connectivity index (χ2n) is 5.12. The number of aromatic nitrogens is 2. The quantitative estimate of drug-likeness (QED) is 0.424. The number of carbonyl (C=O) groups is 2. The van der Waals surface area contributed by atoms with Crippen molar-refractivity contribution >= 4 is 44.4 Å². The molecular formula is C13H15BrN6O2S. The Morgan fingerprint density at radius 2 is 1.96 bits per heavy atom. The van der Waals surface area contributed by atoms with E-state index < -0.39 is 12.2 Å². The molecule has 3 rings (SSSR count). The maximum atomic E-state index is 12.5. The van der Waals surface area contributed by atoms with Crippen molar-refractivity contribution in [2.75, 3.05) is 26.4 Å². The number of fused-ring (bicyclic) bond motifs is 1. The van der Waals surface area contributed by atoms with Crippen LogP contribution in [-0.4, -0.2) is 80.0 Å². The highest BCUT2D eigenvalue weighted by molar-refractivity contribution is 9.18. The minimum atomic E-state index is -0.491. The van der Waals surface area contributed by atoms with E-state index in [2.05, 4.69) is 30.9 Å². The number of halogens is 1. The van der Waals surface area contributed by atoms with E-state index in [1.54, 1.807) is 25.5 Å². The molecule has 10 heteroatoms. The fourth-order valence-corrected chi connectivity index (χ4v) is 3.91. The van der Waals surface area contributed by atoms with Crippen LogP contribution in [0.1, 0.15) is 0 Å². The molecule has 2 aliphatic rings. The van der Waals surface area contributed by atoms with E-state index in [1.807, 2.05) is 4.90 Å². The Kier molecular flexibility index (Phi) is 4.53. The summed E-state index contributed by atoms with van der Waals surface area (Å²) in [6, 6.07) is 0.936. The lowest BCUT2D eigenvalue weighted by Gasteiger charge is -2.39. The lowest BCUT2D eigenvalue weighted by Crippen LogP contribution is -2.64. The smallest absolute Gasteiger partial charge is 0.328 e. The summed E-state index contributed by atoms with van der Waals surface area (Å²) in [6.07, 6.45) is 2.90. The van der Waals surface area contributed by atoms with E-state index in [9.17, 15) is 9.59 Å². The van der Waals surface area contributed by atoms with E-state index in [-0.39, 0.29) is 11.9 Å². The predicted molar refractivity (Wildman–Crippen MR) is 89.3 cm³/mol. The molecule has 3 heterocycles. The lowest BCUT2D eigenvalue weighted by atomic mass is 10.1. The van der Waals surface area contributed by atoms with Crippen molar-refractivity contribution in [2.24, 2.45) is 4.99 Å². The largest absolute Gasteiger partial charge is 0.334 e. The van der Waals surface area contributed by atoms with Gasteiger partial charge in [-0.1, -0.05) is 11.8 Å². The van der Waals surface area contributed by atoms with Crippen LogP contribution in [0.5, 0.6) is 0 Å². The van der Waals surface area contributed by atoms with Crippen LogP contribution in [-0.2, 0) is 4.79 Å². The van der Waals surface area contributed by atoms with Crippen molar-refractivity contribution in [3.63, 3.8) is 0 Å². The maximum Gasteiger partial charge on any atom is 0.328 e. The zero-order valence-corrected chi connectivity index (χ0v) is 15.0. The Morgan fingerprint density at radius 1 is 1.26 bits per heavy atom. The third-order valence-corrected chi connectivity index (χ3v) is 5.28. The average Bonchev–Trinajstić information content (AvgIpc) is 2.89. The summed E-state index contributed by atoms with van der Waals surface area (Å²) in [4.78, 5) is 41.7. The summed E-state index contributed by atoms with van der Waals surface area (Å²) in [7, 11) is 3.15. The number of urea groups is 1. The van der Waals surface area contributed by atoms with Gasteiger partial charge in [0.05, 0.1) is 0 Å². The monoisotopic (exact) mass is 398 g/mol. The molecule has 0 spiro atoms. The molecule has 0 aromatic carbocycles. The molecule has 0 saturated carbocycles. The van der Waals surface area contributed by atoms with E-state index in [4.69, 9.17) is 0 Å². The van der Waals surface area contributed by atoms with Crippen LogP contribution >= 0.6 is 27.7 Å². The fourth-order valence-electron chi connectivity index (χ4n) is 2.56. The number of carbonyl (C=O) groups excluding carboxylic acids is 2. The second-order valence-corrected chi connectivity index (χ2v) is 6.89. The highest BCUT2D eigenvalue weighted by atomic mass is 79.9. The molecule has 1 aromatic rings. The molecule has 1 saturated heterocycles. The third-order valence-electron chi connectivity index (χ3n) is 3.77. The maximum absolute atomic E-state index is 12.5. The van der Waals surface area contributed by atoms with Crippen LogP contribution in [0.25, 0.3) is 0 Å². The van der Waals surface area contributed by atoms with Gasteiger partial charge < -0.3 is 9.80 Å². The van der Waals surface area contributed by atoms with Gasteiger partial charge in [0.2, 0.25) is 0 Å². The average molecular weight is 399 g/mol. The molecule has 8 nitrogen and oxygen atoms in total. The number of aliphatic imine (C=N–C) groups is 1. The van der Waals surface area contributed by atoms with Crippen molar-refractivity contribution in [3.05, 3.63) is 18.5 Å². The molecule has 1 aromatic heterocycles. The Hall–Kier alpha value is -1.68. The van der Waals surface area contributed by atoms with Crippen LogP contribution in [0.2, 0.25) is 0 Å². The van der Waals surface area contributed by atoms with Crippen molar-refractivity contribution < 1.29 is 9.59 Å². The molecule has 0 radical (unpaired) electrons. The topological polar surface area (TPSA) is 82.0 Å². The number of rotatable bonds is 4. The molecule has 0 bridgehead atoms. The molecule has 23 heavy (non-hydrogen) atoms. The number of hydrogen-bond acceptors (Lipinski definition) is 7. The standard InChI is InChI=1S/C13H15BrN6O2S/c1-18-9-8(10(21)19(2)13(18)22)20(11(14)17-9)6-7-23-12-15-4-3-5-16-12/h3-5,8-9H,6-7H2,1-2H3. The van der Waals surface area contributed by atoms with Gasteiger partial charge in [0.1, 0.15) is 0 Å². The minimum Gasteiger partial charge on any atom is -0.334 e. The number of likely N-dealkylation sites (N-methyl/N-ethyl adjacent to an activating group) is 2. The number of nitrogens with zero attached hydrogens (tertiary/aromatic N) is 6. The van der Waals surface area contributed by atoms with Gasteiger partial charge in [0, 0.05) is 38.8 Å². The van der Waals surface area contributed by atoms with E-state index in [1.165, 1.54) is 23.7 Å². The van der Waals surface area contributed by atoms with Gasteiger partial charge in [-0.15, -0.1) is 0 Å². The molecule has 3 amide bonds. The van der Waals surface area contributed by atoms with Crippen LogP contribution < -0.4 is 0 Å². The van der Waals surface area contributed by atoms with Crippen LogP contribution in [0.15, 0.2) is 28.6 Å². The van der Waals surface area contributed by atoms with Crippen LogP contribution in [0.4, 0.5) is 4.79 Å². The van der Waals surface area contributed by atoms with Gasteiger partial charge in [-0.2, -0.15) is 0 Å². The first kappa shape index (κ1) is 16.2. The van der Waals surface area contributed by atoms with Crippen molar-refractivity contribution in [3.8, 4) is 0 Å². The number of hydrogen-bond donors (Lipinski definition) is 0. The molecule has 2 unspecified atom stereocenters. The summed E-state index contributed by atoms with van der Waals surface area (Å²) >= 11 is 4.91. The SMILES string of the molecule is CN1C(=O)C2C(N=C(Br)N2CCSc2ncccn2)N(C)C1=O. The summed E-state index contributed by atoms with van der Waals surface area (Å²) < 4.78 is 0.588. The highest BCUT2D eigenvalue weighted by Crippen LogP contribution is 2.29. The highest BCUT2D eigenvalue weighted by Gasteiger charge is 2.50. The first-order chi connectivity index (χ1) is 11.0. The Bertz CT molecular complexity index is 657. The second kappa shape index (κ2) is 6.44. The Labute approximate surface area is 146 Å². The Balaban J connectivity index is 1.69. The fraction of sp³-hybridized carbons (Fsp3) is 0.462. The summed E-state index contributed by atoms with van der Waals surface area (Å²) in [6.45, 7) is 0.593. The van der Waals surface area contributed by atoms with Gasteiger partial charge >= 0.3 is 6.03 Å². The van der Waals surface area contributed by atoms with Gasteiger partial charge in [-0.3, -0.25) is 9.69 Å². The predicted octanol–water partition coefficient (Wildman–Crippen LogP) is 0.854. The summed E-state index contributed by atoms with van der Waals surface area (Å²) in [5.41, 5.74) is 0. The van der Waals surface area contributed by atoms with Gasteiger partial charge in [0.25, 0.3) is 5.91 Å². The number of amides is 3. The van der Waals surface area contributed by atoms with Crippen molar-refractivity contribution in [2.45, 2.75) is 17.4 Å². The van der Waals surface area contributed by atoms with Gasteiger partial charge in [-0.25, -0.2) is 19.8 Å². The van der Waals surface area contributed by atoms with Crippen LogP contribution in [0.3, 0.4) is 0 Å². The minimum absolute atomic E-state index is 0.239. The van der Waals surface area contributed by atoms with Gasteiger partial charge in [-0.05, 0) is 22.0 Å². The zero-order valence-electron chi connectivity index (χ0n) is 12.6. The normalized spacial score (nSPS) is 24.1. The molecule has 1 fully saturated rings. The molecule has 0 N–H and O–H groups in total. The number of imide groups is 1. The third kappa shape index (κ3) is 2.92. The molecule has 2 atom stereocenters. The van der Waals surface area contributed by atoms with Crippen molar-refractivity contribution in [1.82, 2.24) is 24.7 Å². The summed E-state index contributed by atoms with van der Waals surface area (Å²) in [5, 5.41) is 0.690.